The summed E-state index contributed by atoms with van der Waals surface area (Å²) in [5, 5.41) is 5.11. The molecule has 1 aromatic carbocycles. The van der Waals surface area contributed by atoms with E-state index in [1.807, 2.05) is 18.2 Å². The SMILES string of the molecule is Clc1ccc2nc(NCCC3CCCCO3)sc2c1. The number of nitrogens with zero attached hydrogens (tertiary/aromatic N) is 1. The van der Waals surface area contributed by atoms with Gasteiger partial charge in [-0.3, -0.25) is 0 Å². The van der Waals surface area contributed by atoms with E-state index in [0.717, 1.165) is 39.9 Å². The average Bonchev–Trinajstić information content (AvgIpc) is 2.82. The fraction of sp³-hybridized carbons (Fsp3) is 0.500. The second-order valence-corrected chi connectivity index (χ2v) is 6.30. The van der Waals surface area contributed by atoms with E-state index in [2.05, 4.69) is 10.3 Å². The molecule has 1 unspecified atom stereocenters. The number of benzene rings is 1. The largest absolute Gasteiger partial charge is 0.378 e. The van der Waals surface area contributed by atoms with Crippen LogP contribution in [-0.2, 0) is 4.74 Å². The first-order chi connectivity index (χ1) is 9.31. The lowest BCUT2D eigenvalue weighted by atomic mass is 10.1. The molecular formula is C14H17ClN2OS. The van der Waals surface area contributed by atoms with Gasteiger partial charge < -0.3 is 10.1 Å². The molecule has 0 spiro atoms. The van der Waals surface area contributed by atoms with Crippen molar-refractivity contribution in [3.8, 4) is 0 Å². The van der Waals surface area contributed by atoms with Crippen LogP contribution in [0.4, 0.5) is 5.13 Å². The van der Waals surface area contributed by atoms with Crippen LogP contribution in [0, 0.1) is 0 Å². The molecule has 0 saturated carbocycles. The highest BCUT2D eigenvalue weighted by molar-refractivity contribution is 7.22. The first kappa shape index (κ1) is 13.2. The van der Waals surface area contributed by atoms with Crippen LogP contribution in [0.5, 0.6) is 0 Å². The van der Waals surface area contributed by atoms with Crippen LogP contribution in [0.2, 0.25) is 5.02 Å². The quantitative estimate of drug-likeness (QED) is 0.912. The van der Waals surface area contributed by atoms with Gasteiger partial charge in [0.2, 0.25) is 0 Å². The second kappa shape index (κ2) is 6.07. The van der Waals surface area contributed by atoms with Crippen LogP contribution < -0.4 is 5.32 Å². The fourth-order valence-electron chi connectivity index (χ4n) is 2.35. The van der Waals surface area contributed by atoms with Crippen LogP contribution >= 0.6 is 22.9 Å². The van der Waals surface area contributed by atoms with E-state index in [1.54, 1.807) is 11.3 Å². The predicted octanol–water partition coefficient (Wildman–Crippen LogP) is 4.32. The molecule has 0 bridgehead atoms. The van der Waals surface area contributed by atoms with Gasteiger partial charge in [-0.15, -0.1) is 0 Å². The fourth-order valence-corrected chi connectivity index (χ4v) is 3.52. The van der Waals surface area contributed by atoms with Gasteiger partial charge in [-0.25, -0.2) is 4.98 Å². The zero-order valence-electron chi connectivity index (χ0n) is 10.7. The highest BCUT2D eigenvalue weighted by Gasteiger charge is 2.13. The molecule has 0 radical (unpaired) electrons. The molecule has 1 atom stereocenters. The van der Waals surface area contributed by atoms with Gasteiger partial charge in [0, 0.05) is 18.2 Å². The van der Waals surface area contributed by atoms with Crippen molar-refractivity contribution >= 4 is 38.3 Å². The summed E-state index contributed by atoms with van der Waals surface area (Å²) in [7, 11) is 0. The summed E-state index contributed by atoms with van der Waals surface area (Å²) in [4.78, 5) is 4.54. The molecule has 3 rings (SSSR count). The molecule has 2 aromatic rings. The van der Waals surface area contributed by atoms with Crippen LogP contribution in [0.3, 0.4) is 0 Å². The Morgan fingerprint density at radius 1 is 1.42 bits per heavy atom. The highest BCUT2D eigenvalue weighted by atomic mass is 35.5. The van der Waals surface area contributed by atoms with E-state index in [0.29, 0.717) is 6.10 Å². The molecule has 1 N–H and O–H groups in total. The summed E-state index contributed by atoms with van der Waals surface area (Å²) in [6.07, 6.45) is 5.17. The Hall–Kier alpha value is -0.840. The molecule has 0 aliphatic carbocycles. The highest BCUT2D eigenvalue weighted by Crippen LogP contribution is 2.28. The smallest absolute Gasteiger partial charge is 0.183 e. The topological polar surface area (TPSA) is 34.2 Å². The minimum Gasteiger partial charge on any atom is -0.378 e. The van der Waals surface area contributed by atoms with Crippen LogP contribution in [0.1, 0.15) is 25.7 Å². The number of thiazole rings is 1. The van der Waals surface area contributed by atoms with Crippen molar-refractivity contribution in [1.82, 2.24) is 4.98 Å². The monoisotopic (exact) mass is 296 g/mol. The first-order valence-electron chi connectivity index (χ1n) is 6.73. The van der Waals surface area contributed by atoms with Crippen molar-refractivity contribution in [1.29, 1.82) is 0 Å². The molecule has 102 valence electrons. The van der Waals surface area contributed by atoms with Gasteiger partial charge in [0.1, 0.15) is 0 Å². The number of hydrogen-bond acceptors (Lipinski definition) is 4. The Bertz CT molecular complexity index is 551. The third kappa shape index (κ3) is 3.38. The third-order valence-corrected chi connectivity index (χ3v) is 4.58. The normalized spacial score (nSPS) is 19.7. The lowest BCUT2D eigenvalue weighted by molar-refractivity contribution is 0.0134. The number of halogens is 1. The van der Waals surface area contributed by atoms with E-state index in [-0.39, 0.29) is 0 Å². The predicted molar refractivity (Wildman–Crippen MR) is 81.3 cm³/mol. The Labute approximate surface area is 121 Å². The van der Waals surface area contributed by atoms with Crippen LogP contribution in [0.15, 0.2) is 18.2 Å². The summed E-state index contributed by atoms with van der Waals surface area (Å²) in [5.74, 6) is 0. The summed E-state index contributed by atoms with van der Waals surface area (Å²) < 4.78 is 6.84. The van der Waals surface area contributed by atoms with Crippen molar-refractivity contribution in [2.24, 2.45) is 0 Å². The summed E-state index contributed by atoms with van der Waals surface area (Å²) in [6, 6.07) is 5.80. The minimum absolute atomic E-state index is 0.421. The van der Waals surface area contributed by atoms with Crippen LogP contribution in [-0.4, -0.2) is 24.2 Å². The van der Waals surface area contributed by atoms with Gasteiger partial charge in [0.25, 0.3) is 0 Å². The Balaban J connectivity index is 1.56. The van der Waals surface area contributed by atoms with Crippen LogP contribution in [0.25, 0.3) is 10.2 Å². The van der Waals surface area contributed by atoms with E-state index in [1.165, 1.54) is 19.3 Å². The van der Waals surface area contributed by atoms with E-state index in [9.17, 15) is 0 Å². The maximum Gasteiger partial charge on any atom is 0.183 e. The molecule has 1 fully saturated rings. The number of rotatable bonds is 4. The second-order valence-electron chi connectivity index (χ2n) is 4.84. The van der Waals surface area contributed by atoms with Gasteiger partial charge in [-0.2, -0.15) is 0 Å². The van der Waals surface area contributed by atoms with Crippen molar-refractivity contribution in [3.63, 3.8) is 0 Å². The summed E-state index contributed by atoms with van der Waals surface area (Å²) in [5.41, 5.74) is 1.01. The first-order valence-corrected chi connectivity index (χ1v) is 7.92. The van der Waals surface area contributed by atoms with Gasteiger partial charge in [-0.05, 0) is 43.9 Å². The number of ether oxygens (including phenoxy) is 1. The Kier molecular flexibility index (Phi) is 4.21. The summed E-state index contributed by atoms with van der Waals surface area (Å²) >= 11 is 7.63. The zero-order valence-corrected chi connectivity index (χ0v) is 12.3. The molecule has 5 heteroatoms. The lowest BCUT2D eigenvalue weighted by Gasteiger charge is -2.22. The molecule has 3 nitrogen and oxygen atoms in total. The molecule has 1 aliphatic heterocycles. The molecule has 1 saturated heterocycles. The maximum absolute atomic E-state index is 5.98. The van der Waals surface area contributed by atoms with Gasteiger partial charge in [0.15, 0.2) is 5.13 Å². The molecular weight excluding hydrogens is 280 g/mol. The molecule has 0 amide bonds. The molecule has 2 heterocycles. The average molecular weight is 297 g/mol. The molecule has 1 aromatic heterocycles. The van der Waals surface area contributed by atoms with Gasteiger partial charge >= 0.3 is 0 Å². The van der Waals surface area contributed by atoms with Gasteiger partial charge in [-0.1, -0.05) is 22.9 Å². The minimum atomic E-state index is 0.421. The number of nitrogens with one attached hydrogen (secondary N) is 1. The lowest BCUT2D eigenvalue weighted by Crippen LogP contribution is -2.21. The summed E-state index contributed by atoms with van der Waals surface area (Å²) in [6.45, 7) is 1.84. The third-order valence-electron chi connectivity index (χ3n) is 3.37. The van der Waals surface area contributed by atoms with Crippen molar-refractivity contribution in [2.75, 3.05) is 18.5 Å². The maximum atomic E-state index is 5.98. The van der Waals surface area contributed by atoms with E-state index in [4.69, 9.17) is 16.3 Å². The van der Waals surface area contributed by atoms with E-state index >= 15 is 0 Å². The van der Waals surface area contributed by atoms with Crippen molar-refractivity contribution in [3.05, 3.63) is 23.2 Å². The van der Waals surface area contributed by atoms with Gasteiger partial charge in [0.05, 0.1) is 16.3 Å². The molecule has 19 heavy (non-hydrogen) atoms. The van der Waals surface area contributed by atoms with Crippen molar-refractivity contribution in [2.45, 2.75) is 31.8 Å². The Morgan fingerprint density at radius 3 is 3.21 bits per heavy atom. The Morgan fingerprint density at radius 2 is 2.37 bits per heavy atom. The van der Waals surface area contributed by atoms with Crippen molar-refractivity contribution < 1.29 is 4.74 Å². The number of fused-ring (bicyclic) bond motifs is 1. The number of aromatic nitrogens is 1. The molecule has 1 aliphatic rings. The standard InChI is InChI=1S/C14H17ClN2OS/c15-10-4-5-12-13(9-10)19-14(17-12)16-7-6-11-3-1-2-8-18-11/h4-5,9,11H,1-3,6-8H2,(H,16,17). The number of anilines is 1. The zero-order chi connectivity index (χ0) is 13.1. The van der Waals surface area contributed by atoms with E-state index < -0.39 is 0 Å². The number of hydrogen-bond donors (Lipinski definition) is 1.